The Morgan fingerprint density at radius 2 is 1.89 bits per heavy atom. The van der Waals surface area contributed by atoms with Crippen LogP contribution in [-0.2, 0) is 0 Å². The second kappa shape index (κ2) is 6.22. The zero-order valence-electron chi connectivity index (χ0n) is 14.1. The molecule has 1 amide bonds. The van der Waals surface area contributed by atoms with Gasteiger partial charge in [0.1, 0.15) is 16.9 Å². The van der Waals surface area contributed by atoms with Crippen molar-refractivity contribution in [1.29, 1.82) is 0 Å². The molecule has 5 rings (SSSR count). The second-order valence-corrected chi connectivity index (χ2v) is 7.51. The molecule has 0 aliphatic heterocycles. The van der Waals surface area contributed by atoms with Gasteiger partial charge in [-0.15, -0.1) is 0 Å². The summed E-state index contributed by atoms with van der Waals surface area (Å²) >= 11 is 2.65. The van der Waals surface area contributed by atoms with E-state index in [9.17, 15) is 4.79 Å². The van der Waals surface area contributed by atoms with E-state index in [1.165, 1.54) is 11.3 Å². The van der Waals surface area contributed by atoms with Gasteiger partial charge in [0.2, 0.25) is 5.13 Å². The van der Waals surface area contributed by atoms with Crippen LogP contribution in [0.15, 0.2) is 48.5 Å². The molecular formula is C18H12N6OS2. The van der Waals surface area contributed by atoms with Crippen molar-refractivity contribution in [3.05, 3.63) is 59.8 Å². The van der Waals surface area contributed by atoms with Crippen LogP contribution in [0.3, 0.4) is 0 Å². The Balaban J connectivity index is 1.50. The number of carbonyl (C=O) groups excluding carboxylic acids is 1. The molecule has 3 aromatic heterocycles. The number of thiazole rings is 1. The van der Waals surface area contributed by atoms with Crippen LogP contribution in [-0.4, -0.2) is 29.4 Å². The molecule has 7 nitrogen and oxygen atoms in total. The Morgan fingerprint density at radius 1 is 1.04 bits per heavy atom. The molecule has 5 aromatic rings. The van der Waals surface area contributed by atoms with E-state index >= 15 is 0 Å². The highest BCUT2D eigenvalue weighted by atomic mass is 32.1. The number of carbonyl (C=O) groups is 1. The van der Waals surface area contributed by atoms with E-state index in [1.807, 2.05) is 37.3 Å². The fourth-order valence-corrected chi connectivity index (χ4v) is 4.25. The lowest BCUT2D eigenvalue weighted by Gasteiger charge is -2.06. The minimum Gasteiger partial charge on any atom is -0.306 e. The zero-order chi connectivity index (χ0) is 18.4. The Hall–Kier alpha value is -3.17. The second-order valence-electron chi connectivity index (χ2n) is 5.97. The number of rotatable bonds is 3. The summed E-state index contributed by atoms with van der Waals surface area (Å²) in [5, 5.41) is 8.13. The number of aryl methyl sites for hydroxylation is 1. The molecule has 0 spiro atoms. The average molecular weight is 392 g/mol. The van der Waals surface area contributed by atoms with Crippen LogP contribution in [0.4, 0.5) is 5.82 Å². The van der Waals surface area contributed by atoms with Gasteiger partial charge in [0, 0.05) is 11.6 Å². The number of aromatic nitrogens is 5. The molecule has 0 radical (unpaired) electrons. The molecule has 0 saturated heterocycles. The van der Waals surface area contributed by atoms with Gasteiger partial charge < -0.3 is 5.32 Å². The summed E-state index contributed by atoms with van der Waals surface area (Å²) in [5.74, 6) is 0.347. The topological polar surface area (TPSA) is 85.6 Å². The van der Waals surface area contributed by atoms with Crippen molar-refractivity contribution >= 4 is 56.0 Å². The smallest absolute Gasteiger partial charge is 0.256 e. The number of hydrogen-bond donors (Lipinski definition) is 1. The molecule has 1 N–H and O–H groups in total. The molecule has 0 atom stereocenters. The summed E-state index contributed by atoms with van der Waals surface area (Å²) in [7, 11) is 0. The number of amides is 1. The highest BCUT2D eigenvalue weighted by Crippen LogP contribution is 2.27. The molecule has 27 heavy (non-hydrogen) atoms. The highest BCUT2D eigenvalue weighted by molar-refractivity contribution is 7.20. The summed E-state index contributed by atoms with van der Waals surface area (Å²) in [6.45, 7) is 1.88. The van der Waals surface area contributed by atoms with Gasteiger partial charge in [-0.1, -0.05) is 23.5 Å². The lowest BCUT2D eigenvalue weighted by Crippen LogP contribution is -2.15. The molecule has 3 heterocycles. The molecule has 0 saturated carbocycles. The zero-order valence-corrected chi connectivity index (χ0v) is 15.7. The monoisotopic (exact) mass is 392 g/mol. The number of fused-ring (bicyclic) bond motifs is 2. The molecule has 2 aromatic carbocycles. The van der Waals surface area contributed by atoms with Crippen LogP contribution in [0.25, 0.3) is 26.4 Å². The number of para-hydroxylation sites is 1. The van der Waals surface area contributed by atoms with E-state index < -0.39 is 0 Å². The maximum absolute atomic E-state index is 12.7. The molecule has 0 unspecified atom stereocenters. The van der Waals surface area contributed by atoms with Crippen molar-refractivity contribution in [2.24, 2.45) is 0 Å². The highest BCUT2D eigenvalue weighted by Gasteiger charge is 2.16. The van der Waals surface area contributed by atoms with Gasteiger partial charge in [0.25, 0.3) is 5.91 Å². The van der Waals surface area contributed by atoms with Crippen molar-refractivity contribution in [2.45, 2.75) is 6.92 Å². The largest absolute Gasteiger partial charge is 0.306 e. The quantitative estimate of drug-likeness (QED) is 0.501. The van der Waals surface area contributed by atoms with Gasteiger partial charge in [0.15, 0.2) is 0 Å². The summed E-state index contributed by atoms with van der Waals surface area (Å²) in [4.78, 5) is 17.4. The fraction of sp³-hybridized carbons (Fsp3) is 0.0556. The summed E-state index contributed by atoms with van der Waals surface area (Å²) < 4.78 is 11.1. The minimum absolute atomic E-state index is 0.229. The van der Waals surface area contributed by atoms with Gasteiger partial charge in [-0.3, -0.25) is 4.79 Å². The Kier molecular flexibility index (Phi) is 3.69. The van der Waals surface area contributed by atoms with Crippen LogP contribution in [0.5, 0.6) is 0 Å². The number of hydrogen-bond acceptors (Lipinski definition) is 7. The van der Waals surface area contributed by atoms with E-state index in [2.05, 4.69) is 24.1 Å². The van der Waals surface area contributed by atoms with E-state index in [4.69, 9.17) is 0 Å². The van der Waals surface area contributed by atoms with Crippen molar-refractivity contribution < 1.29 is 4.79 Å². The summed E-state index contributed by atoms with van der Waals surface area (Å²) in [5.41, 5.74) is 3.72. The third-order valence-electron chi connectivity index (χ3n) is 4.05. The first-order valence-corrected chi connectivity index (χ1v) is 9.68. The first-order valence-electron chi connectivity index (χ1n) is 8.14. The third-order valence-corrected chi connectivity index (χ3v) is 5.62. The van der Waals surface area contributed by atoms with Gasteiger partial charge in [0.05, 0.1) is 27.6 Å². The van der Waals surface area contributed by atoms with Crippen LogP contribution < -0.4 is 5.32 Å². The fourth-order valence-electron chi connectivity index (χ4n) is 2.80. The predicted octanol–water partition coefficient (Wildman–Crippen LogP) is 4.05. The molecule has 132 valence electrons. The maximum Gasteiger partial charge on any atom is 0.256 e. The molecule has 0 aliphatic carbocycles. The SMILES string of the molecule is Cc1cc(NC(=O)c2ccc3nsnc3c2)n(-c2nc3ccccc3s2)n1. The number of nitrogens with zero attached hydrogens (tertiary/aromatic N) is 5. The third kappa shape index (κ3) is 2.86. The van der Waals surface area contributed by atoms with Crippen LogP contribution >= 0.6 is 23.1 Å². The molecule has 0 fully saturated rings. The lowest BCUT2D eigenvalue weighted by molar-refractivity contribution is 0.102. The lowest BCUT2D eigenvalue weighted by atomic mass is 10.2. The van der Waals surface area contributed by atoms with Gasteiger partial charge in [-0.05, 0) is 37.3 Å². The molecular weight excluding hydrogens is 380 g/mol. The Morgan fingerprint density at radius 3 is 2.78 bits per heavy atom. The van der Waals surface area contributed by atoms with E-state index in [1.54, 1.807) is 22.9 Å². The van der Waals surface area contributed by atoms with E-state index in [0.29, 0.717) is 22.0 Å². The number of nitrogens with one attached hydrogen (secondary N) is 1. The van der Waals surface area contributed by atoms with Crippen molar-refractivity contribution in [1.82, 2.24) is 23.5 Å². The first-order chi connectivity index (χ1) is 13.2. The van der Waals surface area contributed by atoms with Crippen LogP contribution in [0, 0.1) is 6.92 Å². The predicted molar refractivity (Wildman–Crippen MR) is 107 cm³/mol. The molecule has 0 bridgehead atoms. The van der Waals surface area contributed by atoms with Crippen molar-refractivity contribution in [3.8, 4) is 5.13 Å². The maximum atomic E-state index is 12.7. The minimum atomic E-state index is -0.229. The summed E-state index contributed by atoms with van der Waals surface area (Å²) in [6.07, 6.45) is 0. The summed E-state index contributed by atoms with van der Waals surface area (Å²) in [6, 6.07) is 15.0. The van der Waals surface area contributed by atoms with Crippen molar-refractivity contribution in [3.63, 3.8) is 0 Å². The standard InChI is InChI=1S/C18H12N6OS2/c1-10-8-16(20-17(25)11-6-7-12-14(9-11)23-27-22-12)24(21-10)18-19-13-4-2-3-5-15(13)26-18/h2-9H,1H3,(H,20,25). The molecule has 9 heteroatoms. The normalized spacial score (nSPS) is 11.3. The number of benzene rings is 2. The van der Waals surface area contributed by atoms with E-state index in [0.717, 1.165) is 33.2 Å². The Labute approximate surface area is 161 Å². The van der Waals surface area contributed by atoms with Crippen LogP contribution in [0.1, 0.15) is 16.1 Å². The number of anilines is 1. The van der Waals surface area contributed by atoms with Crippen LogP contribution in [0.2, 0.25) is 0 Å². The average Bonchev–Trinajstić information content (AvgIpc) is 3.38. The Bertz CT molecular complexity index is 1270. The van der Waals surface area contributed by atoms with Crippen molar-refractivity contribution in [2.75, 3.05) is 5.32 Å². The van der Waals surface area contributed by atoms with Gasteiger partial charge in [-0.2, -0.15) is 18.5 Å². The van der Waals surface area contributed by atoms with Gasteiger partial charge >= 0.3 is 0 Å². The van der Waals surface area contributed by atoms with Gasteiger partial charge in [-0.25, -0.2) is 4.98 Å². The first kappa shape index (κ1) is 16.0. The molecule has 0 aliphatic rings. The van der Waals surface area contributed by atoms with E-state index in [-0.39, 0.29) is 5.91 Å².